The summed E-state index contributed by atoms with van der Waals surface area (Å²) in [6.07, 6.45) is 7.94. The Morgan fingerprint density at radius 3 is 2.64 bits per heavy atom. The van der Waals surface area contributed by atoms with E-state index in [9.17, 15) is 0 Å². The molecule has 1 aliphatic carbocycles. The molecule has 182 valence electrons. The lowest BCUT2D eigenvalue weighted by atomic mass is 10.2. The van der Waals surface area contributed by atoms with Gasteiger partial charge in [-0.3, -0.25) is 0 Å². The van der Waals surface area contributed by atoms with Crippen molar-refractivity contribution in [2.45, 2.75) is 52.1 Å². The van der Waals surface area contributed by atoms with E-state index in [-0.39, 0.29) is 6.04 Å². The summed E-state index contributed by atoms with van der Waals surface area (Å²) in [6.45, 7) is 9.71. The largest absolute Gasteiger partial charge is 0.411 e. The molecule has 4 heterocycles. The Hall–Kier alpha value is -2.56. The van der Waals surface area contributed by atoms with Crippen LogP contribution in [0.3, 0.4) is 0 Å². The number of hydroxylamine groups is 1. The predicted molar refractivity (Wildman–Crippen MR) is 130 cm³/mol. The molecule has 2 unspecified atom stereocenters. The van der Waals surface area contributed by atoms with Crippen molar-refractivity contribution in [2.24, 2.45) is 5.92 Å². The molecule has 4 aliphatic rings. The van der Waals surface area contributed by atoms with Crippen LogP contribution in [0.15, 0.2) is 29.8 Å². The third-order valence-electron chi connectivity index (χ3n) is 6.09. The highest BCUT2D eigenvalue weighted by molar-refractivity contribution is 5.56. The lowest BCUT2D eigenvalue weighted by Gasteiger charge is -2.28. The lowest BCUT2D eigenvalue weighted by molar-refractivity contribution is 0.115. The second-order valence-electron chi connectivity index (χ2n) is 8.51. The quantitative estimate of drug-likeness (QED) is 0.465. The van der Waals surface area contributed by atoms with Crippen LogP contribution in [0, 0.1) is 5.92 Å². The molecule has 33 heavy (non-hydrogen) atoms. The third kappa shape index (κ3) is 6.07. The average molecular weight is 459 g/mol. The van der Waals surface area contributed by atoms with Gasteiger partial charge in [-0.05, 0) is 37.3 Å². The van der Waals surface area contributed by atoms with Crippen LogP contribution in [0.5, 0.6) is 0 Å². The highest BCUT2D eigenvalue weighted by atomic mass is 16.7. The highest BCUT2D eigenvalue weighted by Gasteiger charge is 2.36. The van der Waals surface area contributed by atoms with Gasteiger partial charge in [0, 0.05) is 26.2 Å². The predicted octanol–water partition coefficient (Wildman–Crippen LogP) is 2.43. The lowest BCUT2D eigenvalue weighted by Crippen LogP contribution is -2.37. The van der Waals surface area contributed by atoms with Crippen molar-refractivity contribution in [3.63, 3.8) is 0 Å². The zero-order valence-electron chi connectivity index (χ0n) is 20.2. The molecule has 0 spiro atoms. The SMILES string of the molecule is CC.CCC1C=C(CNc2nc(NC3=CC(C4CC4)N(C)N3)cc(N3CCOCC3)n2)ON1. The smallest absolute Gasteiger partial charge is 0.227 e. The van der Waals surface area contributed by atoms with Crippen molar-refractivity contribution in [3.8, 4) is 0 Å². The molecule has 10 heteroatoms. The van der Waals surface area contributed by atoms with Gasteiger partial charge < -0.3 is 30.5 Å². The first-order valence-corrected chi connectivity index (χ1v) is 12.2. The fourth-order valence-electron chi connectivity index (χ4n) is 4.12. The molecular formula is C23H38N8O2. The molecule has 1 saturated heterocycles. The van der Waals surface area contributed by atoms with Crippen molar-refractivity contribution < 1.29 is 9.57 Å². The van der Waals surface area contributed by atoms with Gasteiger partial charge in [0.25, 0.3) is 0 Å². The fraction of sp³-hybridized carbons (Fsp3) is 0.652. The maximum atomic E-state index is 5.54. The van der Waals surface area contributed by atoms with Crippen LogP contribution in [0.4, 0.5) is 17.6 Å². The van der Waals surface area contributed by atoms with E-state index in [1.54, 1.807) is 0 Å². The van der Waals surface area contributed by atoms with E-state index in [4.69, 9.17) is 19.5 Å². The van der Waals surface area contributed by atoms with E-state index < -0.39 is 0 Å². The minimum Gasteiger partial charge on any atom is -0.411 e. The molecule has 5 rings (SSSR count). The van der Waals surface area contributed by atoms with Gasteiger partial charge in [0.05, 0.1) is 31.8 Å². The monoisotopic (exact) mass is 458 g/mol. The molecule has 0 amide bonds. The second-order valence-corrected chi connectivity index (χ2v) is 8.51. The van der Waals surface area contributed by atoms with E-state index in [0.717, 1.165) is 48.6 Å². The number of anilines is 3. The number of aromatic nitrogens is 2. The van der Waals surface area contributed by atoms with E-state index in [2.05, 4.69) is 57.6 Å². The average Bonchev–Trinajstić information content (AvgIpc) is 3.48. The molecule has 2 fully saturated rings. The molecule has 0 aromatic carbocycles. The summed E-state index contributed by atoms with van der Waals surface area (Å²) in [5.41, 5.74) is 6.42. The number of nitrogens with one attached hydrogen (secondary N) is 4. The van der Waals surface area contributed by atoms with E-state index in [1.165, 1.54) is 12.8 Å². The van der Waals surface area contributed by atoms with Gasteiger partial charge in [0.15, 0.2) is 0 Å². The van der Waals surface area contributed by atoms with Gasteiger partial charge in [-0.2, -0.15) is 15.4 Å². The van der Waals surface area contributed by atoms with Gasteiger partial charge >= 0.3 is 0 Å². The van der Waals surface area contributed by atoms with E-state index in [0.29, 0.717) is 31.7 Å². The first-order valence-electron chi connectivity index (χ1n) is 12.2. The summed E-state index contributed by atoms with van der Waals surface area (Å²) in [5.74, 6) is 4.79. The number of ether oxygens (including phenoxy) is 1. The Morgan fingerprint density at radius 1 is 1.15 bits per heavy atom. The number of morpholine rings is 1. The number of likely N-dealkylation sites (N-methyl/N-ethyl adjacent to an activating group) is 1. The molecule has 0 bridgehead atoms. The second kappa shape index (κ2) is 11.0. The van der Waals surface area contributed by atoms with Crippen LogP contribution >= 0.6 is 0 Å². The van der Waals surface area contributed by atoms with Crippen LogP contribution in [0.2, 0.25) is 0 Å². The maximum absolute atomic E-state index is 5.54. The van der Waals surface area contributed by atoms with Crippen LogP contribution in [-0.2, 0) is 9.57 Å². The van der Waals surface area contributed by atoms with Gasteiger partial charge in [-0.25, -0.2) is 5.01 Å². The van der Waals surface area contributed by atoms with Crippen LogP contribution in [0.25, 0.3) is 0 Å². The fourth-order valence-corrected chi connectivity index (χ4v) is 4.12. The first-order chi connectivity index (χ1) is 16.2. The minimum atomic E-state index is 0.256. The molecule has 4 N–H and O–H groups in total. The minimum absolute atomic E-state index is 0.256. The number of hydrogen-bond acceptors (Lipinski definition) is 10. The van der Waals surface area contributed by atoms with Crippen molar-refractivity contribution >= 4 is 17.6 Å². The Balaban J connectivity index is 0.00000126. The van der Waals surface area contributed by atoms with Crippen molar-refractivity contribution in [1.29, 1.82) is 0 Å². The van der Waals surface area contributed by atoms with Crippen LogP contribution < -0.4 is 26.4 Å². The molecule has 1 aromatic heterocycles. The topological polar surface area (TPSA) is 98.8 Å². The Morgan fingerprint density at radius 2 is 1.94 bits per heavy atom. The summed E-state index contributed by atoms with van der Waals surface area (Å²) in [6, 6.07) is 2.70. The Kier molecular flexibility index (Phi) is 7.89. The van der Waals surface area contributed by atoms with Crippen LogP contribution in [-0.4, -0.2) is 67.0 Å². The third-order valence-corrected chi connectivity index (χ3v) is 6.09. The van der Waals surface area contributed by atoms with E-state index >= 15 is 0 Å². The summed E-state index contributed by atoms with van der Waals surface area (Å²) < 4.78 is 5.50. The number of hydrogen-bond donors (Lipinski definition) is 4. The van der Waals surface area contributed by atoms with Gasteiger partial charge in [-0.1, -0.05) is 20.8 Å². The van der Waals surface area contributed by atoms with Crippen molar-refractivity contribution in [3.05, 3.63) is 29.8 Å². The maximum Gasteiger partial charge on any atom is 0.227 e. The zero-order valence-corrected chi connectivity index (χ0v) is 20.2. The summed E-state index contributed by atoms with van der Waals surface area (Å²) in [5, 5.41) is 8.94. The first kappa shape index (κ1) is 23.6. The Bertz CT molecular complexity index is 851. The van der Waals surface area contributed by atoms with E-state index in [1.807, 2.05) is 19.9 Å². The highest BCUT2D eigenvalue weighted by Crippen LogP contribution is 2.37. The normalized spacial score (nSPS) is 24.8. The van der Waals surface area contributed by atoms with Crippen molar-refractivity contribution in [1.82, 2.24) is 25.9 Å². The molecule has 3 aliphatic heterocycles. The van der Waals surface area contributed by atoms with Gasteiger partial charge in [0.1, 0.15) is 23.2 Å². The number of nitrogens with zero attached hydrogens (tertiary/aromatic N) is 4. The summed E-state index contributed by atoms with van der Waals surface area (Å²) in [7, 11) is 2.09. The van der Waals surface area contributed by atoms with Crippen LogP contribution in [0.1, 0.15) is 40.0 Å². The molecule has 2 atom stereocenters. The standard InChI is InChI=1S/C21H32N8O2.C2H6/c1-3-15-10-16(31-27-15)13-22-21-24-18(12-20(25-21)29-6-8-30-9-7-29)23-19-11-17(14-4-5-14)28(2)26-19;1-2/h10-12,14-15,17,26-27H,3-9,13H2,1-2H3,(H2,22,23,24,25);1-2H3. The van der Waals surface area contributed by atoms with Gasteiger partial charge in [-0.15, -0.1) is 0 Å². The molecule has 10 nitrogen and oxygen atoms in total. The molecule has 1 aromatic rings. The molecular weight excluding hydrogens is 420 g/mol. The number of rotatable bonds is 8. The number of hydrazine groups is 1. The molecule has 0 radical (unpaired) electrons. The van der Waals surface area contributed by atoms with Gasteiger partial charge in [0.2, 0.25) is 5.95 Å². The summed E-state index contributed by atoms with van der Waals surface area (Å²) >= 11 is 0. The van der Waals surface area contributed by atoms with Crippen molar-refractivity contribution in [2.75, 3.05) is 55.4 Å². The Labute approximate surface area is 196 Å². The molecule has 1 saturated carbocycles. The zero-order chi connectivity index (χ0) is 23.2. The summed E-state index contributed by atoms with van der Waals surface area (Å²) in [4.78, 5) is 17.2.